The van der Waals surface area contributed by atoms with Crippen LogP contribution in [-0.4, -0.2) is 29.8 Å². The molecule has 0 atom stereocenters. The van der Waals surface area contributed by atoms with Crippen LogP contribution in [0.5, 0.6) is 0 Å². The Morgan fingerprint density at radius 1 is 0.885 bits per heavy atom. The van der Waals surface area contributed by atoms with E-state index in [2.05, 4.69) is 5.32 Å². The van der Waals surface area contributed by atoms with Gasteiger partial charge in [-0.1, -0.05) is 42.7 Å². The molecule has 3 rings (SSSR count). The zero-order valence-corrected chi connectivity index (χ0v) is 15.5. The molecule has 1 fully saturated rings. The van der Waals surface area contributed by atoms with Crippen LogP contribution in [0.15, 0.2) is 42.5 Å². The molecule has 1 aliphatic heterocycles. The molecule has 1 aliphatic rings. The summed E-state index contributed by atoms with van der Waals surface area (Å²) in [6.07, 6.45) is 4.44. The molecule has 0 aromatic heterocycles. The molecule has 2 aromatic rings. The highest BCUT2D eigenvalue weighted by atomic mass is 16.2. The van der Waals surface area contributed by atoms with Crippen molar-refractivity contribution in [1.82, 2.24) is 4.90 Å². The highest BCUT2D eigenvalue weighted by Gasteiger charge is 2.21. The Kier molecular flexibility index (Phi) is 5.71. The van der Waals surface area contributed by atoms with Crippen molar-refractivity contribution in [2.45, 2.75) is 39.5 Å². The lowest BCUT2D eigenvalue weighted by Crippen LogP contribution is -2.32. The smallest absolute Gasteiger partial charge is 0.255 e. The molecule has 0 saturated carbocycles. The largest absolute Gasteiger partial charge is 0.339 e. The van der Waals surface area contributed by atoms with Crippen LogP contribution in [0, 0.1) is 13.8 Å². The Bertz CT molecular complexity index is 806. The summed E-state index contributed by atoms with van der Waals surface area (Å²) < 4.78 is 0. The fraction of sp³-hybridized carbons (Fsp3) is 0.364. The molecule has 0 aliphatic carbocycles. The third kappa shape index (κ3) is 4.13. The van der Waals surface area contributed by atoms with Crippen molar-refractivity contribution < 1.29 is 9.59 Å². The third-order valence-corrected chi connectivity index (χ3v) is 4.93. The second-order valence-electron chi connectivity index (χ2n) is 7.02. The van der Waals surface area contributed by atoms with Gasteiger partial charge in [-0.05, 0) is 50.5 Å². The first-order valence-corrected chi connectivity index (χ1v) is 9.33. The summed E-state index contributed by atoms with van der Waals surface area (Å²) in [4.78, 5) is 27.6. The molecule has 26 heavy (non-hydrogen) atoms. The predicted molar refractivity (Wildman–Crippen MR) is 105 cm³/mol. The summed E-state index contributed by atoms with van der Waals surface area (Å²) in [5.41, 5.74) is 3.82. The van der Waals surface area contributed by atoms with Crippen LogP contribution >= 0.6 is 0 Å². The van der Waals surface area contributed by atoms with Crippen LogP contribution < -0.4 is 5.32 Å². The number of anilines is 1. The van der Waals surface area contributed by atoms with E-state index in [0.29, 0.717) is 16.8 Å². The van der Waals surface area contributed by atoms with Crippen LogP contribution in [0.3, 0.4) is 0 Å². The monoisotopic (exact) mass is 350 g/mol. The molecule has 1 saturated heterocycles. The summed E-state index contributed by atoms with van der Waals surface area (Å²) in [5, 5.41) is 2.94. The van der Waals surface area contributed by atoms with E-state index in [1.54, 1.807) is 12.1 Å². The van der Waals surface area contributed by atoms with E-state index in [1.807, 2.05) is 49.1 Å². The number of rotatable bonds is 3. The maximum absolute atomic E-state index is 13.0. The van der Waals surface area contributed by atoms with E-state index >= 15 is 0 Å². The molecular formula is C22H26N2O2. The van der Waals surface area contributed by atoms with Crippen molar-refractivity contribution in [2.75, 3.05) is 18.4 Å². The van der Waals surface area contributed by atoms with Gasteiger partial charge in [0.05, 0.1) is 11.3 Å². The molecule has 1 heterocycles. The van der Waals surface area contributed by atoms with Crippen LogP contribution in [0.1, 0.15) is 57.5 Å². The molecule has 4 nitrogen and oxygen atoms in total. The third-order valence-electron chi connectivity index (χ3n) is 4.93. The van der Waals surface area contributed by atoms with Crippen molar-refractivity contribution in [1.29, 1.82) is 0 Å². The van der Waals surface area contributed by atoms with Gasteiger partial charge in [0.15, 0.2) is 0 Å². The SMILES string of the molecule is Cc1ccc(C(=O)Nc2ccccc2C(=O)N2CCCCCC2)c(C)c1. The second kappa shape index (κ2) is 8.17. The molecule has 0 spiro atoms. The minimum absolute atomic E-state index is 0.00317. The van der Waals surface area contributed by atoms with E-state index in [4.69, 9.17) is 0 Å². The second-order valence-corrected chi connectivity index (χ2v) is 7.02. The minimum Gasteiger partial charge on any atom is -0.339 e. The minimum atomic E-state index is -0.182. The van der Waals surface area contributed by atoms with E-state index in [-0.39, 0.29) is 11.8 Å². The molecule has 136 valence electrons. The normalized spacial score (nSPS) is 14.6. The summed E-state index contributed by atoms with van der Waals surface area (Å²) in [7, 11) is 0. The van der Waals surface area contributed by atoms with Gasteiger partial charge in [0.2, 0.25) is 0 Å². The number of hydrogen-bond acceptors (Lipinski definition) is 2. The zero-order valence-electron chi connectivity index (χ0n) is 15.5. The van der Waals surface area contributed by atoms with E-state index in [0.717, 1.165) is 37.1 Å². The number of hydrogen-bond donors (Lipinski definition) is 1. The Morgan fingerprint density at radius 3 is 2.27 bits per heavy atom. The van der Waals surface area contributed by atoms with Gasteiger partial charge in [-0.3, -0.25) is 9.59 Å². The Balaban J connectivity index is 1.82. The Morgan fingerprint density at radius 2 is 1.58 bits per heavy atom. The highest BCUT2D eigenvalue weighted by molar-refractivity contribution is 6.09. The fourth-order valence-corrected chi connectivity index (χ4v) is 3.48. The summed E-state index contributed by atoms with van der Waals surface area (Å²) >= 11 is 0. The molecule has 4 heteroatoms. The summed E-state index contributed by atoms with van der Waals surface area (Å²) in [6.45, 7) is 5.51. The van der Waals surface area contributed by atoms with E-state index in [1.165, 1.54) is 12.8 Å². The van der Waals surface area contributed by atoms with Crippen molar-refractivity contribution in [3.8, 4) is 0 Å². The number of para-hydroxylation sites is 1. The van der Waals surface area contributed by atoms with Crippen LogP contribution in [0.25, 0.3) is 0 Å². The van der Waals surface area contributed by atoms with E-state index in [9.17, 15) is 9.59 Å². The van der Waals surface area contributed by atoms with Gasteiger partial charge < -0.3 is 10.2 Å². The number of amides is 2. The molecular weight excluding hydrogens is 324 g/mol. The first-order valence-electron chi connectivity index (χ1n) is 9.33. The number of aryl methyl sites for hydroxylation is 2. The molecule has 2 aromatic carbocycles. The van der Waals surface area contributed by atoms with Gasteiger partial charge in [0.25, 0.3) is 11.8 Å². The first-order chi connectivity index (χ1) is 12.6. The van der Waals surface area contributed by atoms with Gasteiger partial charge in [0, 0.05) is 18.7 Å². The van der Waals surface area contributed by atoms with Crippen LogP contribution in [0.2, 0.25) is 0 Å². The number of benzene rings is 2. The van der Waals surface area contributed by atoms with Gasteiger partial charge in [-0.2, -0.15) is 0 Å². The maximum atomic E-state index is 13.0. The lowest BCUT2D eigenvalue weighted by molar-refractivity contribution is 0.0762. The average molecular weight is 350 g/mol. The fourth-order valence-electron chi connectivity index (χ4n) is 3.48. The number of likely N-dealkylation sites (tertiary alicyclic amines) is 1. The Hall–Kier alpha value is -2.62. The Labute approximate surface area is 155 Å². The van der Waals surface area contributed by atoms with Gasteiger partial charge in [0.1, 0.15) is 0 Å². The summed E-state index contributed by atoms with van der Waals surface area (Å²) in [5.74, 6) is -0.179. The van der Waals surface area contributed by atoms with Crippen LogP contribution in [0.4, 0.5) is 5.69 Å². The van der Waals surface area contributed by atoms with Gasteiger partial charge >= 0.3 is 0 Å². The van der Waals surface area contributed by atoms with Crippen molar-refractivity contribution in [3.05, 3.63) is 64.7 Å². The van der Waals surface area contributed by atoms with Crippen molar-refractivity contribution in [2.24, 2.45) is 0 Å². The first kappa shape index (κ1) is 18.2. The molecule has 2 amide bonds. The lowest BCUT2D eigenvalue weighted by atomic mass is 10.0. The number of carbonyl (C=O) groups is 2. The summed E-state index contributed by atoms with van der Waals surface area (Å²) in [6, 6.07) is 13.0. The zero-order chi connectivity index (χ0) is 18.5. The predicted octanol–water partition coefficient (Wildman–Crippen LogP) is 4.57. The average Bonchev–Trinajstić information content (AvgIpc) is 2.91. The molecule has 0 bridgehead atoms. The van der Waals surface area contributed by atoms with Crippen molar-refractivity contribution in [3.63, 3.8) is 0 Å². The maximum Gasteiger partial charge on any atom is 0.255 e. The number of nitrogens with zero attached hydrogens (tertiary/aromatic N) is 1. The topological polar surface area (TPSA) is 49.4 Å². The standard InChI is InChI=1S/C22H26N2O2/c1-16-11-12-18(17(2)15-16)21(25)23-20-10-6-5-9-19(20)22(26)24-13-7-3-4-8-14-24/h5-6,9-12,15H,3-4,7-8,13-14H2,1-2H3,(H,23,25). The van der Waals surface area contributed by atoms with Gasteiger partial charge in [-0.15, -0.1) is 0 Å². The lowest BCUT2D eigenvalue weighted by Gasteiger charge is -2.22. The van der Waals surface area contributed by atoms with Gasteiger partial charge in [-0.25, -0.2) is 0 Å². The molecule has 0 unspecified atom stereocenters. The quantitative estimate of drug-likeness (QED) is 0.881. The molecule has 0 radical (unpaired) electrons. The highest BCUT2D eigenvalue weighted by Crippen LogP contribution is 2.21. The van der Waals surface area contributed by atoms with Crippen LogP contribution in [-0.2, 0) is 0 Å². The van der Waals surface area contributed by atoms with E-state index < -0.39 is 0 Å². The number of nitrogens with one attached hydrogen (secondary N) is 1. The van der Waals surface area contributed by atoms with Crippen molar-refractivity contribution >= 4 is 17.5 Å². The number of carbonyl (C=O) groups excluding carboxylic acids is 2. The molecule has 1 N–H and O–H groups in total.